The van der Waals surface area contributed by atoms with Crippen molar-refractivity contribution in [3.8, 4) is 0 Å². The van der Waals surface area contributed by atoms with Crippen molar-refractivity contribution in [2.75, 3.05) is 30.8 Å². The minimum Gasteiger partial charge on any atom is -0.378 e. The van der Waals surface area contributed by atoms with Gasteiger partial charge in [-0.3, -0.25) is 0 Å². The summed E-state index contributed by atoms with van der Waals surface area (Å²) in [6.45, 7) is 9.85. The molecular formula is C22H31ClN6O. The molecule has 0 radical (unpaired) electrons. The number of hydrogen-bond acceptors (Lipinski definition) is 4. The highest BCUT2D eigenvalue weighted by Gasteiger charge is 2.14. The molecule has 1 aromatic carbocycles. The molecule has 0 aliphatic rings. The normalized spacial score (nSPS) is 10.6. The molecule has 4 N–H and O–H groups in total. The molecule has 30 heavy (non-hydrogen) atoms. The number of aromatic nitrogens is 2. The Balaban J connectivity index is 0.00000320. The number of urea groups is 1. The van der Waals surface area contributed by atoms with Gasteiger partial charge in [-0.2, -0.15) is 0 Å². The van der Waals surface area contributed by atoms with E-state index in [1.807, 2.05) is 30.5 Å². The van der Waals surface area contributed by atoms with E-state index in [1.165, 1.54) is 16.7 Å². The smallest absolute Gasteiger partial charge is 0.321 e. The maximum Gasteiger partial charge on any atom is 0.321 e. The number of amides is 2. The zero-order valence-corrected chi connectivity index (χ0v) is 19.1. The van der Waals surface area contributed by atoms with Crippen molar-refractivity contribution in [2.24, 2.45) is 5.73 Å². The van der Waals surface area contributed by atoms with Crippen LogP contribution in [0.5, 0.6) is 0 Å². The van der Waals surface area contributed by atoms with Crippen LogP contribution in [0.15, 0.2) is 30.5 Å². The first-order valence-corrected chi connectivity index (χ1v) is 9.82. The van der Waals surface area contributed by atoms with Gasteiger partial charge in [0.15, 0.2) is 5.65 Å². The van der Waals surface area contributed by atoms with Crippen LogP contribution >= 0.6 is 12.4 Å². The second-order valence-corrected chi connectivity index (χ2v) is 7.48. The first-order chi connectivity index (χ1) is 13.8. The standard InChI is InChI=1S/C22H30N6O.ClH/c1-14-7-6-8-15(2)19(14)12-24-20-11-18(26-22(29)27(5)10-9-23)13-28-17(4)16(3)25-21(20)28;/h6-8,11,13,24H,9-10,12,23H2,1-5H3,(H,26,29);1H. The summed E-state index contributed by atoms with van der Waals surface area (Å²) in [4.78, 5) is 18.7. The van der Waals surface area contributed by atoms with Crippen molar-refractivity contribution in [1.82, 2.24) is 14.3 Å². The fourth-order valence-electron chi connectivity index (χ4n) is 3.40. The third kappa shape index (κ3) is 4.86. The maximum atomic E-state index is 12.4. The molecule has 0 fully saturated rings. The third-order valence-corrected chi connectivity index (χ3v) is 5.36. The number of nitrogens with zero attached hydrogens (tertiary/aromatic N) is 3. The number of aryl methyl sites for hydroxylation is 4. The van der Waals surface area contributed by atoms with E-state index in [-0.39, 0.29) is 18.4 Å². The number of fused-ring (bicyclic) bond motifs is 1. The number of hydrogen-bond donors (Lipinski definition) is 3. The number of rotatable bonds is 6. The lowest BCUT2D eigenvalue weighted by Crippen LogP contribution is -2.35. The number of benzene rings is 1. The van der Waals surface area contributed by atoms with Crippen LogP contribution in [0.3, 0.4) is 0 Å². The van der Waals surface area contributed by atoms with Crippen LogP contribution in [-0.2, 0) is 6.54 Å². The second-order valence-electron chi connectivity index (χ2n) is 7.48. The maximum absolute atomic E-state index is 12.4. The molecule has 2 amide bonds. The van der Waals surface area contributed by atoms with E-state index < -0.39 is 0 Å². The van der Waals surface area contributed by atoms with Crippen molar-refractivity contribution in [3.63, 3.8) is 0 Å². The van der Waals surface area contributed by atoms with E-state index in [1.54, 1.807) is 11.9 Å². The molecule has 3 rings (SSSR count). The Kier molecular flexibility index (Phi) is 7.70. The largest absolute Gasteiger partial charge is 0.378 e. The summed E-state index contributed by atoms with van der Waals surface area (Å²) in [6.07, 6.45) is 1.91. The predicted molar refractivity (Wildman–Crippen MR) is 126 cm³/mol. The summed E-state index contributed by atoms with van der Waals surface area (Å²) in [5.41, 5.74) is 13.8. The SMILES string of the molecule is Cc1cccc(C)c1CNc1cc(NC(=O)N(C)CCN)cn2c(C)c(C)nc12.Cl. The van der Waals surface area contributed by atoms with Crippen LogP contribution in [-0.4, -0.2) is 40.5 Å². The summed E-state index contributed by atoms with van der Waals surface area (Å²) in [5.74, 6) is 0. The summed E-state index contributed by atoms with van der Waals surface area (Å²) in [5, 5.41) is 6.49. The fraction of sp³-hybridized carbons (Fsp3) is 0.364. The minimum absolute atomic E-state index is 0. The number of nitrogens with two attached hydrogens (primary N) is 1. The van der Waals surface area contributed by atoms with Gasteiger partial charge in [-0.15, -0.1) is 12.4 Å². The number of carbonyl (C=O) groups is 1. The highest BCUT2D eigenvalue weighted by molar-refractivity contribution is 5.90. The molecular weight excluding hydrogens is 400 g/mol. The zero-order chi connectivity index (χ0) is 21.1. The van der Waals surface area contributed by atoms with Crippen LogP contribution in [0.2, 0.25) is 0 Å². The van der Waals surface area contributed by atoms with Crippen LogP contribution in [0.25, 0.3) is 5.65 Å². The molecule has 0 saturated carbocycles. The van der Waals surface area contributed by atoms with E-state index in [4.69, 9.17) is 10.7 Å². The first kappa shape index (κ1) is 23.5. The average Bonchev–Trinajstić information content (AvgIpc) is 2.96. The molecule has 2 aromatic heterocycles. The number of imidazole rings is 1. The van der Waals surface area contributed by atoms with Crippen molar-refractivity contribution >= 4 is 35.5 Å². The summed E-state index contributed by atoms with van der Waals surface area (Å²) < 4.78 is 2.01. The van der Waals surface area contributed by atoms with Gasteiger partial charge < -0.3 is 25.7 Å². The second kappa shape index (κ2) is 9.82. The topological polar surface area (TPSA) is 87.7 Å². The summed E-state index contributed by atoms with van der Waals surface area (Å²) >= 11 is 0. The van der Waals surface area contributed by atoms with Crippen LogP contribution in [0.1, 0.15) is 28.1 Å². The Hall–Kier alpha value is -2.77. The van der Waals surface area contributed by atoms with Crippen LogP contribution < -0.4 is 16.4 Å². The Morgan fingerprint density at radius 1 is 1.20 bits per heavy atom. The van der Waals surface area contributed by atoms with Gasteiger partial charge in [0.25, 0.3) is 0 Å². The minimum atomic E-state index is -0.190. The number of likely N-dealkylation sites (N-methyl/N-ethyl adjacent to an activating group) is 1. The van der Waals surface area contributed by atoms with E-state index >= 15 is 0 Å². The van der Waals surface area contributed by atoms with E-state index in [0.29, 0.717) is 25.3 Å². The van der Waals surface area contributed by atoms with Crippen molar-refractivity contribution in [2.45, 2.75) is 34.2 Å². The van der Waals surface area contributed by atoms with Gasteiger partial charge in [0, 0.05) is 38.6 Å². The van der Waals surface area contributed by atoms with Gasteiger partial charge in [-0.1, -0.05) is 18.2 Å². The Morgan fingerprint density at radius 2 is 1.87 bits per heavy atom. The molecule has 0 atom stereocenters. The molecule has 162 valence electrons. The van der Waals surface area contributed by atoms with Gasteiger partial charge in [-0.25, -0.2) is 9.78 Å². The Bertz CT molecular complexity index is 1030. The quantitative estimate of drug-likeness (QED) is 0.551. The monoisotopic (exact) mass is 430 g/mol. The van der Waals surface area contributed by atoms with Gasteiger partial charge in [-0.05, 0) is 50.5 Å². The van der Waals surface area contributed by atoms with E-state index in [2.05, 4.69) is 42.7 Å². The zero-order valence-electron chi connectivity index (χ0n) is 18.2. The number of halogens is 1. The average molecular weight is 431 g/mol. The number of anilines is 2. The lowest BCUT2D eigenvalue weighted by atomic mass is 10.0. The molecule has 3 aromatic rings. The first-order valence-electron chi connectivity index (χ1n) is 9.82. The van der Waals surface area contributed by atoms with Crippen LogP contribution in [0, 0.1) is 27.7 Å². The van der Waals surface area contributed by atoms with Crippen molar-refractivity contribution in [3.05, 3.63) is 58.5 Å². The van der Waals surface area contributed by atoms with E-state index in [9.17, 15) is 4.79 Å². The highest BCUT2D eigenvalue weighted by Crippen LogP contribution is 2.26. The molecule has 0 aliphatic heterocycles. The highest BCUT2D eigenvalue weighted by atomic mass is 35.5. The molecule has 0 bridgehead atoms. The number of carbonyl (C=O) groups excluding carboxylic acids is 1. The lowest BCUT2D eigenvalue weighted by Gasteiger charge is -2.18. The third-order valence-electron chi connectivity index (χ3n) is 5.36. The molecule has 8 heteroatoms. The molecule has 0 unspecified atom stereocenters. The van der Waals surface area contributed by atoms with Gasteiger partial charge >= 0.3 is 6.03 Å². The molecule has 7 nitrogen and oxygen atoms in total. The Morgan fingerprint density at radius 3 is 2.50 bits per heavy atom. The van der Waals surface area contributed by atoms with Crippen molar-refractivity contribution in [1.29, 1.82) is 0 Å². The summed E-state index contributed by atoms with van der Waals surface area (Å²) in [7, 11) is 1.73. The Labute approximate surface area is 184 Å². The molecule has 2 heterocycles. The van der Waals surface area contributed by atoms with Crippen LogP contribution in [0.4, 0.5) is 16.2 Å². The fourth-order valence-corrected chi connectivity index (χ4v) is 3.40. The molecule has 0 saturated heterocycles. The lowest BCUT2D eigenvalue weighted by molar-refractivity contribution is 0.223. The van der Waals surface area contributed by atoms with Gasteiger partial charge in [0.05, 0.1) is 17.1 Å². The van der Waals surface area contributed by atoms with Gasteiger partial charge in [0.2, 0.25) is 0 Å². The molecule has 0 spiro atoms. The number of pyridine rings is 1. The van der Waals surface area contributed by atoms with E-state index in [0.717, 1.165) is 22.7 Å². The number of nitrogens with one attached hydrogen (secondary N) is 2. The van der Waals surface area contributed by atoms with Crippen molar-refractivity contribution < 1.29 is 4.79 Å². The molecule has 0 aliphatic carbocycles. The van der Waals surface area contributed by atoms with Gasteiger partial charge in [0.1, 0.15) is 0 Å². The predicted octanol–water partition coefficient (Wildman–Crippen LogP) is 4.02. The summed E-state index contributed by atoms with van der Waals surface area (Å²) in [6, 6.07) is 8.05.